The Kier molecular flexibility index (Phi) is 5.20. The van der Waals surface area contributed by atoms with E-state index in [9.17, 15) is 0 Å². The highest BCUT2D eigenvalue weighted by Gasteiger charge is 2.23. The highest BCUT2D eigenvalue weighted by molar-refractivity contribution is 7.80. The molecule has 0 amide bonds. The number of nitrogens with one attached hydrogen (secondary N) is 1. The Labute approximate surface area is 126 Å². The summed E-state index contributed by atoms with van der Waals surface area (Å²) in [5, 5.41) is 0. The lowest BCUT2D eigenvalue weighted by molar-refractivity contribution is -0.902. The van der Waals surface area contributed by atoms with Crippen LogP contribution in [0.25, 0.3) is 0 Å². The molecule has 0 saturated carbocycles. The molecule has 0 spiro atoms. The first-order valence-electron chi connectivity index (χ1n) is 7.04. The second-order valence-electron chi connectivity index (χ2n) is 4.96. The third-order valence-electron chi connectivity index (χ3n) is 3.90. The average molecular weight is 295 g/mol. The van der Waals surface area contributed by atoms with Gasteiger partial charge in [-0.25, -0.2) is 0 Å². The minimum absolute atomic E-state index is 0.777. The van der Waals surface area contributed by atoms with Crippen molar-refractivity contribution in [3.63, 3.8) is 0 Å². The van der Waals surface area contributed by atoms with Gasteiger partial charge in [0.05, 0.1) is 52.5 Å². The number of methoxy groups -OCH3 is 2. The number of thiocarbonyl (C=S) groups is 1. The van der Waals surface area contributed by atoms with Crippen LogP contribution >= 0.6 is 12.2 Å². The molecule has 0 aliphatic carbocycles. The maximum Gasteiger partial charge on any atom is 0.132 e. The molecule has 1 aromatic carbocycles. The van der Waals surface area contributed by atoms with Gasteiger partial charge in [-0.15, -0.1) is 0 Å². The van der Waals surface area contributed by atoms with Crippen molar-refractivity contribution in [2.24, 2.45) is 0 Å². The Bertz CT molecular complexity index is 471. The lowest BCUT2D eigenvalue weighted by Crippen LogP contribution is -3.14. The summed E-state index contributed by atoms with van der Waals surface area (Å²) in [6.07, 6.45) is 0. The van der Waals surface area contributed by atoms with Crippen molar-refractivity contribution in [2.45, 2.75) is 6.92 Å². The topological polar surface area (TPSA) is 26.1 Å². The Hall–Kier alpha value is -1.33. The molecule has 0 bridgehead atoms. The van der Waals surface area contributed by atoms with E-state index >= 15 is 0 Å². The van der Waals surface area contributed by atoms with Crippen molar-refractivity contribution in [2.75, 3.05) is 46.9 Å². The Morgan fingerprint density at radius 2 is 1.95 bits per heavy atom. The minimum Gasteiger partial charge on any atom is -0.497 e. The maximum absolute atomic E-state index is 5.64. The zero-order valence-electron chi connectivity index (χ0n) is 12.4. The number of quaternary nitrogens is 1. The van der Waals surface area contributed by atoms with E-state index in [2.05, 4.69) is 11.8 Å². The SMILES string of the molecule is CC[NH+]1CCN(C(=S)c2ccc(OC)cc2OC)CC1. The molecule has 0 radical (unpaired) electrons. The normalized spacial score (nSPS) is 16.1. The minimum atomic E-state index is 0.777. The van der Waals surface area contributed by atoms with Crippen LogP contribution in [0.1, 0.15) is 12.5 Å². The first-order valence-corrected chi connectivity index (χ1v) is 7.45. The van der Waals surface area contributed by atoms with Crippen molar-refractivity contribution >= 4 is 17.2 Å². The summed E-state index contributed by atoms with van der Waals surface area (Å²) in [5.41, 5.74) is 0.975. The van der Waals surface area contributed by atoms with E-state index in [-0.39, 0.29) is 0 Å². The van der Waals surface area contributed by atoms with Crippen LogP contribution in [0.3, 0.4) is 0 Å². The summed E-state index contributed by atoms with van der Waals surface area (Å²) < 4.78 is 10.7. The fraction of sp³-hybridized carbons (Fsp3) is 0.533. The molecule has 0 unspecified atom stereocenters. The number of ether oxygens (including phenoxy) is 2. The van der Waals surface area contributed by atoms with E-state index in [0.29, 0.717) is 0 Å². The zero-order valence-corrected chi connectivity index (χ0v) is 13.3. The van der Waals surface area contributed by atoms with Crippen LogP contribution in [-0.4, -0.2) is 56.8 Å². The number of piperazine rings is 1. The van der Waals surface area contributed by atoms with Gasteiger partial charge in [0.1, 0.15) is 16.5 Å². The van der Waals surface area contributed by atoms with E-state index in [1.165, 1.54) is 6.54 Å². The van der Waals surface area contributed by atoms with Crippen molar-refractivity contribution in [1.29, 1.82) is 0 Å². The van der Waals surface area contributed by atoms with Gasteiger partial charge < -0.3 is 19.3 Å². The molecular weight excluding hydrogens is 272 g/mol. The molecular formula is C15H23N2O2S+. The van der Waals surface area contributed by atoms with E-state index in [4.69, 9.17) is 21.7 Å². The first kappa shape index (κ1) is 15.1. The van der Waals surface area contributed by atoms with Crippen LogP contribution in [0, 0.1) is 0 Å². The number of likely N-dealkylation sites (N-methyl/N-ethyl adjacent to an activating group) is 1. The van der Waals surface area contributed by atoms with Crippen molar-refractivity contribution < 1.29 is 14.4 Å². The van der Waals surface area contributed by atoms with Gasteiger partial charge in [0, 0.05) is 6.07 Å². The Morgan fingerprint density at radius 1 is 1.25 bits per heavy atom. The predicted octanol–water partition coefficient (Wildman–Crippen LogP) is 0.600. The van der Waals surface area contributed by atoms with Crippen LogP contribution in [0.4, 0.5) is 0 Å². The predicted molar refractivity (Wildman–Crippen MR) is 84.1 cm³/mol. The molecule has 0 aromatic heterocycles. The molecule has 1 heterocycles. The molecule has 1 fully saturated rings. The first-order chi connectivity index (χ1) is 9.69. The van der Waals surface area contributed by atoms with Gasteiger partial charge in [0.15, 0.2) is 0 Å². The molecule has 2 rings (SSSR count). The molecule has 0 atom stereocenters. The largest absolute Gasteiger partial charge is 0.497 e. The third kappa shape index (κ3) is 3.22. The molecule has 1 aliphatic heterocycles. The molecule has 1 aliphatic rings. The van der Waals surface area contributed by atoms with Gasteiger partial charge in [0.2, 0.25) is 0 Å². The van der Waals surface area contributed by atoms with Crippen LogP contribution in [0.5, 0.6) is 11.5 Å². The maximum atomic E-state index is 5.64. The van der Waals surface area contributed by atoms with Crippen LogP contribution in [0.15, 0.2) is 18.2 Å². The number of benzene rings is 1. The van der Waals surface area contributed by atoms with Gasteiger partial charge in [-0.1, -0.05) is 12.2 Å². The lowest BCUT2D eigenvalue weighted by Gasteiger charge is -2.33. The van der Waals surface area contributed by atoms with Crippen molar-refractivity contribution in [1.82, 2.24) is 4.90 Å². The fourth-order valence-corrected chi connectivity index (χ4v) is 2.88. The van der Waals surface area contributed by atoms with Crippen LogP contribution < -0.4 is 14.4 Å². The highest BCUT2D eigenvalue weighted by atomic mass is 32.1. The van der Waals surface area contributed by atoms with Crippen LogP contribution in [-0.2, 0) is 0 Å². The summed E-state index contributed by atoms with van der Waals surface area (Å²) in [5.74, 6) is 1.56. The summed E-state index contributed by atoms with van der Waals surface area (Å²) in [6, 6.07) is 5.80. The Balaban J connectivity index is 2.13. The molecule has 4 nitrogen and oxygen atoms in total. The number of rotatable bonds is 4. The van der Waals surface area contributed by atoms with Gasteiger partial charge in [0.25, 0.3) is 0 Å². The van der Waals surface area contributed by atoms with Gasteiger partial charge >= 0.3 is 0 Å². The molecule has 20 heavy (non-hydrogen) atoms. The van der Waals surface area contributed by atoms with E-state index < -0.39 is 0 Å². The molecule has 1 saturated heterocycles. The van der Waals surface area contributed by atoms with Crippen molar-refractivity contribution in [3.8, 4) is 11.5 Å². The molecule has 1 N–H and O–H groups in total. The fourth-order valence-electron chi connectivity index (χ4n) is 2.53. The van der Waals surface area contributed by atoms with E-state index in [1.54, 1.807) is 19.1 Å². The smallest absolute Gasteiger partial charge is 0.132 e. The average Bonchev–Trinajstić information content (AvgIpc) is 2.53. The lowest BCUT2D eigenvalue weighted by atomic mass is 10.1. The summed E-state index contributed by atoms with van der Waals surface area (Å²) in [6.45, 7) is 7.74. The number of hydrogen-bond acceptors (Lipinski definition) is 3. The molecule has 110 valence electrons. The van der Waals surface area contributed by atoms with Gasteiger partial charge in [-0.2, -0.15) is 0 Å². The number of hydrogen-bond donors (Lipinski definition) is 1. The number of nitrogens with zero attached hydrogens (tertiary/aromatic N) is 1. The van der Waals surface area contributed by atoms with Gasteiger partial charge in [-0.05, 0) is 19.1 Å². The monoisotopic (exact) mass is 295 g/mol. The third-order valence-corrected chi connectivity index (χ3v) is 4.37. The summed E-state index contributed by atoms with van der Waals surface area (Å²) in [4.78, 5) is 4.80. The van der Waals surface area contributed by atoms with E-state index in [0.717, 1.165) is 48.2 Å². The standard InChI is InChI=1S/C15H22N2O2S/c1-4-16-7-9-17(10-8-16)15(20)13-6-5-12(18-2)11-14(13)19-3/h5-6,11H,4,7-10H2,1-3H3/p+1. The van der Waals surface area contributed by atoms with Gasteiger partial charge in [-0.3, -0.25) is 0 Å². The highest BCUT2D eigenvalue weighted by Crippen LogP contribution is 2.26. The quantitative estimate of drug-likeness (QED) is 0.823. The van der Waals surface area contributed by atoms with Crippen LogP contribution in [0.2, 0.25) is 0 Å². The van der Waals surface area contributed by atoms with Crippen molar-refractivity contribution in [3.05, 3.63) is 23.8 Å². The molecule has 1 aromatic rings. The van der Waals surface area contributed by atoms with E-state index in [1.807, 2.05) is 18.2 Å². The second-order valence-corrected chi connectivity index (χ2v) is 5.35. The second kappa shape index (κ2) is 6.90. The summed E-state index contributed by atoms with van der Waals surface area (Å²) in [7, 11) is 3.32. The molecule has 5 heteroatoms. The zero-order chi connectivity index (χ0) is 14.5. The summed E-state index contributed by atoms with van der Waals surface area (Å²) >= 11 is 5.64. The Morgan fingerprint density at radius 3 is 2.50 bits per heavy atom.